The maximum Gasteiger partial charge on any atom is 0.273 e. The van der Waals surface area contributed by atoms with Crippen molar-refractivity contribution in [3.63, 3.8) is 0 Å². The number of nitrogens with one attached hydrogen (secondary N) is 2. The summed E-state index contributed by atoms with van der Waals surface area (Å²) in [6.45, 7) is 1.60. The fourth-order valence-electron chi connectivity index (χ4n) is 2.26. The van der Waals surface area contributed by atoms with Gasteiger partial charge >= 0.3 is 0 Å². The highest BCUT2D eigenvalue weighted by Gasteiger charge is 2.41. The minimum atomic E-state index is -0.371. The van der Waals surface area contributed by atoms with Crippen molar-refractivity contribution in [2.75, 3.05) is 37.9 Å². The number of methoxy groups -OCH3 is 1. The Labute approximate surface area is 118 Å². The van der Waals surface area contributed by atoms with E-state index >= 15 is 0 Å². The predicted octanol–water partition coefficient (Wildman–Crippen LogP) is 2.87. The van der Waals surface area contributed by atoms with Crippen LogP contribution in [0.25, 0.3) is 0 Å². The Morgan fingerprint density at radius 2 is 2.05 bits per heavy atom. The third kappa shape index (κ3) is 3.60. The van der Waals surface area contributed by atoms with Gasteiger partial charge in [-0.3, -0.25) is 10.1 Å². The molecular formula is C14H21N3O3. The molecule has 1 aromatic carbocycles. The molecule has 0 amide bonds. The van der Waals surface area contributed by atoms with Crippen molar-refractivity contribution in [1.82, 2.24) is 0 Å². The Morgan fingerprint density at radius 3 is 2.60 bits per heavy atom. The van der Waals surface area contributed by atoms with Crippen LogP contribution < -0.4 is 10.6 Å². The minimum Gasteiger partial charge on any atom is -0.388 e. The lowest BCUT2D eigenvalue weighted by atomic mass is 10.0. The summed E-state index contributed by atoms with van der Waals surface area (Å²) in [5.41, 5.74) is 1.93. The van der Waals surface area contributed by atoms with Crippen LogP contribution in [0.2, 0.25) is 0 Å². The summed E-state index contributed by atoms with van der Waals surface area (Å²) in [5, 5.41) is 17.2. The average Bonchev–Trinajstić information content (AvgIpc) is 3.23. The van der Waals surface area contributed by atoms with Gasteiger partial charge < -0.3 is 15.4 Å². The fraction of sp³-hybridized carbons (Fsp3) is 0.571. The Morgan fingerprint density at radius 1 is 1.35 bits per heavy atom. The third-order valence-corrected chi connectivity index (χ3v) is 3.88. The summed E-state index contributed by atoms with van der Waals surface area (Å²) in [6.07, 6.45) is 3.42. The summed E-state index contributed by atoms with van der Waals surface area (Å²) in [7, 11) is 3.47. The van der Waals surface area contributed by atoms with E-state index in [0.29, 0.717) is 5.41 Å². The van der Waals surface area contributed by atoms with Crippen molar-refractivity contribution in [2.24, 2.45) is 5.41 Å². The Hall–Kier alpha value is -1.82. The number of ether oxygens (including phenoxy) is 1. The highest BCUT2D eigenvalue weighted by Crippen LogP contribution is 2.48. The second kappa shape index (κ2) is 6.09. The number of nitro groups is 1. The lowest BCUT2D eigenvalue weighted by Gasteiger charge is -2.16. The van der Waals surface area contributed by atoms with Gasteiger partial charge in [-0.05, 0) is 30.7 Å². The first-order valence-corrected chi connectivity index (χ1v) is 6.79. The van der Waals surface area contributed by atoms with E-state index in [9.17, 15) is 10.1 Å². The molecule has 1 aliphatic carbocycles. The first-order valence-electron chi connectivity index (χ1n) is 6.79. The van der Waals surface area contributed by atoms with Crippen LogP contribution in [0.5, 0.6) is 0 Å². The number of hydrogen-bond donors (Lipinski definition) is 2. The van der Waals surface area contributed by atoms with Gasteiger partial charge in [-0.25, -0.2) is 0 Å². The van der Waals surface area contributed by atoms with Crippen LogP contribution in [0.4, 0.5) is 17.1 Å². The molecular weight excluding hydrogens is 258 g/mol. The summed E-state index contributed by atoms with van der Waals surface area (Å²) in [4.78, 5) is 10.5. The van der Waals surface area contributed by atoms with Crippen LogP contribution in [0.15, 0.2) is 18.2 Å². The minimum absolute atomic E-state index is 0.0982. The number of hydrogen-bond acceptors (Lipinski definition) is 5. The monoisotopic (exact) mass is 279 g/mol. The molecule has 20 heavy (non-hydrogen) atoms. The number of nitro benzene ring substituents is 1. The molecule has 0 bridgehead atoms. The third-order valence-electron chi connectivity index (χ3n) is 3.88. The number of anilines is 2. The van der Waals surface area contributed by atoms with Gasteiger partial charge in [0.1, 0.15) is 0 Å². The van der Waals surface area contributed by atoms with Gasteiger partial charge in [0.2, 0.25) is 0 Å². The maximum absolute atomic E-state index is 10.9. The van der Waals surface area contributed by atoms with Crippen LogP contribution in [0, 0.1) is 15.5 Å². The van der Waals surface area contributed by atoms with Gasteiger partial charge in [0, 0.05) is 50.8 Å². The van der Waals surface area contributed by atoms with Crippen LogP contribution in [0.3, 0.4) is 0 Å². The quantitative estimate of drug-likeness (QED) is 0.565. The van der Waals surface area contributed by atoms with Crippen molar-refractivity contribution in [2.45, 2.75) is 19.3 Å². The number of benzene rings is 1. The number of non-ortho nitro benzene ring substituents is 1. The van der Waals surface area contributed by atoms with Crippen LogP contribution in [0.1, 0.15) is 19.3 Å². The van der Waals surface area contributed by atoms with E-state index in [2.05, 4.69) is 10.6 Å². The van der Waals surface area contributed by atoms with E-state index in [-0.39, 0.29) is 10.6 Å². The van der Waals surface area contributed by atoms with Crippen LogP contribution in [-0.4, -0.2) is 32.2 Å². The molecule has 0 heterocycles. The molecule has 1 aromatic rings. The Balaban J connectivity index is 2.02. The van der Waals surface area contributed by atoms with E-state index < -0.39 is 0 Å². The van der Waals surface area contributed by atoms with E-state index in [1.165, 1.54) is 18.9 Å². The molecule has 1 saturated carbocycles. The van der Waals surface area contributed by atoms with Crippen molar-refractivity contribution in [3.05, 3.63) is 28.3 Å². The van der Waals surface area contributed by atoms with Crippen LogP contribution in [-0.2, 0) is 4.74 Å². The molecule has 6 heteroatoms. The van der Waals surface area contributed by atoms with Gasteiger partial charge in [0.15, 0.2) is 0 Å². The van der Waals surface area contributed by atoms with E-state index in [4.69, 9.17) is 4.74 Å². The molecule has 1 fully saturated rings. The molecule has 110 valence electrons. The summed E-state index contributed by atoms with van der Waals surface area (Å²) < 4.78 is 5.13. The number of rotatable bonds is 8. The predicted molar refractivity (Wildman–Crippen MR) is 79.3 cm³/mol. The summed E-state index contributed by atoms with van der Waals surface area (Å²) >= 11 is 0. The van der Waals surface area contributed by atoms with Gasteiger partial charge in [-0.15, -0.1) is 0 Å². The summed E-state index contributed by atoms with van der Waals surface area (Å²) in [6, 6.07) is 5.00. The molecule has 0 atom stereocenters. The standard InChI is InChI=1S/C14H21N3O3/c1-15-11-7-12(9-13(8-11)17(18)19)16-10-14(3-4-14)5-6-20-2/h7-9,15-16H,3-6,10H2,1-2H3. The maximum atomic E-state index is 10.9. The molecule has 2 rings (SSSR count). The molecule has 0 radical (unpaired) electrons. The molecule has 2 N–H and O–H groups in total. The van der Waals surface area contributed by atoms with Gasteiger partial charge in [0.25, 0.3) is 5.69 Å². The van der Waals surface area contributed by atoms with Crippen molar-refractivity contribution in [1.29, 1.82) is 0 Å². The fourth-order valence-corrected chi connectivity index (χ4v) is 2.26. The molecule has 0 aromatic heterocycles. The molecule has 6 nitrogen and oxygen atoms in total. The highest BCUT2D eigenvalue weighted by atomic mass is 16.6. The van der Waals surface area contributed by atoms with Gasteiger partial charge in [0.05, 0.1) is 4.92 Å². The molecule has 0 unspecified atom stereocenters. The number of nitrogens with zero attached hydrogens (tertiary/aromatic N) is 1. The molecule has 0 spiro atoms. The average molecular weight is 279 g/mol. The van der Waals surface area contributed by atoms with Crippen LogP contribution >= 0.6 is 0 Å². The van der Waals surface area contributed by atoms with Gasteiger partial charge in [-0.1, -0.05) is 0 Å². The van der Waals surface area contributed by atoms with Crippen molar-refractivity contribution in [3.8, 4) is 0 Å². The zero-order chi connectivity index (χ0) is 14.6. The lowest BCUT2D eigenvalue weighted by Crippen LogP contribution is -2.17. The smallest absolute Gasteiger partial charge is 0.273 e. The van der Waals surface area contributed by atoms with Crippen molar-refractivity contribution >= 4 is 17.1 Å². The largest absolute Gasteiger partial charge is 0.388 e. The van der Waals surface area contributed by atoms with E-state index in [0.717, 1.165) is 30.9 Å². The zero-order valence-corrected chi connectivity index (χ0v) is 11.9. The van der Waals surface area contributed by atoms with E-state index in [1.54, 1.807) is 20.2 Å². The van der Waals surface area contributed by atoms with E-state index in [1.807, 2.05) is 6.07 Å². The lowest BCUT2D eigenvalue weighted by molar-refractivity contribution is -0.384. The summed E-state index contributed by atoms with van der Waals surface area (Å²) in [5.74, 6) is 0. The first kappa shape index (κ1) is 14.6. The van der Waals surface area contributed by atoms with Crippen molar-refractivity contribution < 1.29 is 9.66 Å². The molecule has 0 saturated heterocycles. The topological polar surface area (TPSA) is 76.4 Å². The Bertz CT molecular complexity index is 487. The first-order chi connectivity index (χ1) is 9.58. The molecule has 0 aliphatic heterocycles. The second-order valence-corrected chi connectivity index (χ2v) is 5.37. The Kier molecular flexibility index (Phi) is 4.44. The molecule has 1 aliphatic rings. The SMILES string of the molecule is CNc1cc(NCC2(CCOC)CC2)cc([N+](=O)[O-])c1. The normalized spacial score (nSPS) is 15.7. The second-order valence-electron chi connectivity index (χ2n) is 5.37. The zero-order valence-electron chi connectivity index (χ0n) is 11.9. The highest BCUT2D eigenvalue weighted by molar-refractivity contribution is 5.63. The van der Waals surface area contributed by atoms with Gasteiger partial charge in [-0.2, -0.15) is 0 Å².